The Morgan fingerprint density at radius 1 is 0.944 bits per heavy atom. The van der Waals surface area contributed by atoms with E-state index in [4.69, 9.17) is 0 Å². The van der Waals surface area contributed by atoms with E-state index in [0.717, 1.165) is 0 Å². The van der Waals surface area contributed by atoms with Crippen LogP contribution in [0.4, 0.5) is 22.0 Å². The smallest absolute Gasteiger partial charge is 0.337 e. The van der Waals surface area contributed by atoms with Gasteiger partial charge in [-0.05, 0) is 11.8 Å². The van der Waals surface area contributed by atoms with Gasteiger partial charge in [-0.15, -0.1) is 0 Å². The van der Waals surface area contributed by atoms with Crippen molar-refractivity contribution in [1.82, 2.24) is 4.90 Å². The number of hydrogen-bond donors (Lipinski definition) is 0. The second-order valence-corrected chi connectivity index (χ2v) is 5.07. The van der Waals surface area contributed by atoms with Crippen molar-refractivity contribution in [3.05, 3.63) is 0 Å². The molecular formula is C11H18F5NO. The van der Waals surface area contributed by atoms with Gasteiger partial charge in [0, 0.05) is 13.1 Å². The highest BCUT2D eigenvalue weighted by Gasteiger charge is 2.64. The summed E-state index contributed by atoms with van der Waals surface area (Å²) in [6.07, 6.45) is -5.85. The first-order chi connectivity index (χ1) is 7.89. The van der Waals surface area contributed by atoms with Gasteiger partial charge >= 0.3 is 18.0 Å². The fourth-order valence-electron chi connectivity index (χ4n) is 1.44. The normalized spacial score (nSPS) is 13.3. The van der Waals surface area contributed by atoms with Crippen LogP contribution in [-0.2, 0) is 4.79 Å². The van der Waals surface area contributed by atoms with Crippen molar-refractivity contribution in [3.8, 4) is 0 Å². The highest BCUT2D eigenvalue weighted by Crippen LogP contribution is 2.37. The summed E-state index contributed by atoms with van der Waals surface area (Å²) in [5.74, 6) is -7.86. The molecule has 18 heavy (non-hydrogen) atoms. The van der Waals surface area contributed by atoms with Gasteiger partial charge in [-0.1, -0.05) is 27.7 Å². The topological polar surface area (TPSA) is 20.3 Å². The second kappa shape index (κ2) is 5.84. The standard InChI is InChI=1S/C11H18F5NO/c1-7(2)5-17(6-8(3)4)9(18)10(12,13)11(14,15)16/h7-8H,5-6H2,1-4H3. The van der Waals surface area contributed by atoms with Crippen LogP contribution in [0.2, 0.25) is 0 Å². The predicted molar refractivity (Wildman–Crippen MR) is 57.3 cm³/mol. The molecule has 0 saturated carbocycles. The van der Waals surface area contributed by atoms with Crippen LogP contribution in [0.15, 0.2) is 0 Å². The summed E-state index contributed by atoms with van der Waals surface area (Å²) in [6.45, 7) is 6.34. The first kappa shape index (κ1) is 17.1. The summed E-state index contributed by atoms with van der Waals surface area (Å²) in [7, 11) is 0. The van der Waals surface area contributed by atoms with Crippen LogP contribution in [0.25, 0.3) is 0 Å². The Morgan fingerprint density at radius 3 is 1.50 bits per heavy atom. The molecule has 0 rings (SSSR count). The van der Waals surface area contributed by atoms with Crippen molar-refractivity contribution in [2.24, 2.45) is 11.8 Å². The first-order valence-electron chi connectivity index (χ1n) is 5.63. The molecule has 0 aromatic heterocycles. The molecule has 2 nitrogen and oxygen atoms in total. The summed E-state index contributed by atoms with van der Waals surface area (Å²) in [5.41, 5.74) is 0. The lowest BCUT2D eigenvalue weighted by Crippen LogP contribution is -2.53. The number of hydrogen-bond acceptors (Lipinski definition) is 1. The molecule has 0 radical (unpaired) electrons. The fraction of sp³-hybridized carbons (Fsp3) is 0.909. The summed E-state index contributed by atoms with van der Waals surface area (Å²) in [6, 6.07) is 0. The Hall–Kier alpha value is -0.880. The molecule has 0 aromatic rings. The summed E-state index contributed by atoms with van der Waals surface area (Å²) in [4.78, 5) is 11.9. The van der Waals surface area contributed by atoms with Crippen molar-refractivity contribution in [1.29, 1.82) is 0 Å². The maximum atomic E-state index is 13.0. The summed E-state index contributed by atoms with van der Waals surface area (Å²) >= 11 is 0. The Bertz CT molecular complexity index is 276. The molecule has 108 valence electrons. The van der Waals surface area contributed by atoms with E-state index in [1.165, 1.54) is 0 Å². The van der Waals surface area contributed by atoms with Crippen molar-refractivity contribution in [2.75, 3.05) is 13.1 Å². The lowest BCUT2D eigenvalue weighted by molar-refractivity contribution is -0.274. The van der Waals surface area contributed by atoms with Crippen LogP contribution in [0.1, 0.15) is 27.7 Å². The molecule has 0 unspecified atom stereocenters. The van der Waals surface area contributed by atoms with Gasteiger partial charge in [0.05, 0.1) is 0 Å². The SMILES string of the molecule is CC(C)CN(CC(C)C)C(=O)C(F)(F)C(F)(F)F. The lowest BCUT2D eigenvalue weighted by atomic mass is 10.1. The van der Waals surface area contributed by atoms with Crippen LogP contribution < -0.4 is 0 Å². The number of alkyl halides is 5. The van der Waals surface area contributed by atoms with E-state index in [-0.39, 0.29) is 24.9 Å². The van der Waals surface area contributed by atoms with E-state index in [1.54, 1.807) is 27.7 Å². The number of nitrogens with zero attached hydrogens (tertiary/aromatic N) is 1. The van der Waals surface area contributed by atoms with E-state index in [2.05, 4.69) is 0 Å². The molecule has 1 amide bonds. The van der Waals surface area contributed by atoms with Gasteiger partial charge in [0.1, 0.15) is 0 Å². The Labute approximate surface area is 103 Å². The summed E-state index contributed by atoms with van der Waals surface area (Å²) < 4.78 is 62.3. The first-order valence-corrected chi connectivity index (χ1v) is 5.63. The quantitative estimate of drug-likeness (QED) is 0.705. The van der Waals surface area contributed by atoms with E-state index in [0.29, 0.717) is 4.90 Å². The third-order valence-electron chi connectivity index (χ3n) is 2.08. The van der Waals surface area contributed by atoms with Gasteiger partial charge in [-0.2, -0.15) is 22.0 Å². The highest BCUT2D eigenvalue weighted by atomic mass is 19.4. The number of carbonyl (C=O) groups is 1. The zero-order chi connectivity index (χ0) is 14.7. The third kappa shape index (κ3) is 4.42. The van der Waals surface area contributed by atoms with Gasteiger partial charge in [0.15, 0.2) is 0 Å². The number of halogens is 5. The number of amides is 1. The Morgan fingerprint density at radius 2 is 1.28 bits per heavy atom. The molecule has 0 aliphatic rings. The van der Waals surface area contributed by atoms with Gasteiger partial charge in [-0.3, -0.25) is 4.79 Å². The zero-order valence-electron chi connectivity index (χ0n) is 10.8. The Kier molecular flexibility index (Phi) is 5.55. The van der Waals surface area contributed by atoms with Crippen LogP contribution >= 0.6 is 0 Å². The van der Waals surface area contributed by atoms with Crippen molar-refractivity contribution in [3.63, 3.8) is 0 Å². The Balaban J connectivity index is 5.06. The number of rotatable bonds is 5. The lowest BCUT2D eigenvalue weighted by Gasteiger charge is -2.30. The van der Waals surface area contributed by atoms with Crippen LogP contribution in [0.3, 0.4) is 0 Å². The van der Waals surface area contributed by atoms with E-state index < -0.39 is 18.0 Å². The molecule has 0 saturated heterocycles. The van der Waals surface area contributed by atoms with Gasteiger partial charge < -0.3 is 4.90 Å². The molecule has 0 N–H and O–H groups in total. The molecule has 7 heteroatoms. The van der Waals surface area contributed by atoms with Crippen LogP contribution in [0, 0.1) is 11.8 Å². The van der Waals surface area contributed by atoms with E-state index in [9.17, 15) is 26.7 Å². The van der Waals surface area contributed by atoms with E-state index in [1.807, 2.05) is 0 Å². The highest BCUT2D eigenvalue weighted by molar-refractivity contribution is 5.84. The van der Waals surface area contributed by atoms with Crippen LogP contribution in [0.5, 0.6) is 0 Å². The van der Waals surface area contributed by atoms with Crippen molar-refractivity contribution < 1.29 is 26.7 Å². The molecule has 0 aliphatic heterocycles. The zero-order valence-corrected chi connectivity index (χ0v) is 10.8. The minimum Gasteiger partial charge on any atom is -0.337 e. The molecule has 0 bridgehead atoms. The maximum Gasteiger partial charge on any atom is 0.463 e. The van der Waals surface area contributed by atoms with Crippen molar-refractivity contribution in [2.45, 2.75) is 39.8 Å². The molecular weight excluding hydrogens is 257 g/mol. The largest absolute Gasteiger partial charge is 0.463 e. The molecule has 0 spiro atoms. The maximum absolute atomic E-state index is 13.0. The molecule has 0 atom stereocenters. The van der Waals surface area contributed by atoms with E-state index >= 15 is 0 Å². The van der Waals surface area contributed by atoms with Crippen LogP contribution in [-0.4, -0.2) is 36.0 Å². The minimum atomic E-state index is -5.85. The number of carbonyl (C=O) groups excluding carboxylic acids is 1. The van der Waals surface area contributed by atoms with Gasteiger partial charge in [0.2, 0.25) is 0 Å². The predicted octanol–water partition coefficient (Wildman–Crippen LogP) is 3.32. The molecule has 0 fully saturated rings. The molecule has 0 aromatic carbocycles. The third-order valence-corrected chi connectivity index (χ3v) is 2.08. The summed E-state index contributed by atoms with van der Waals surface area (Å²) in [5, 5.41) is 0. The second-order valence-electron chi connectivity index (χ2n) is 5.07. The van der Waals surface area contributed by atoms with Gasteiger partial charge in [0.25, 0.3) is 0 Å². The van der Waals surface area contributed by atoms with Gasteiger partial charge in [-0.25, -0.2) is 0 Å². The average molecular weight is 275 g/mol. The molecule has 0 heterocycles. The fourth-order valence-corrected chi connectivity index (χ4v) is 1.44. The molecule has 0 aliphatic carbocycles. The minimum absolute atomic E-state index is 0.122. The average Bonchev–Trinajstić information content (AvgIpc) is 2.12. The van der Waals surface area contributed by atoms with Crippen molar-refractivity contribution >= 4 is 5.91 Å². The monoisotopic (exact) mass is 275 g/mol.